The van der Waals surface area contributed by atoms with E-state index in [0.717, 1.165) is 22.0 Å². The van der Waals surface area contributed by atoms with Crippen molar-refractivity contribution in [3.8, 4) is 6.07 Å². The van der Waals surface area contributed by atoms with Gasteiger partial charge in [0, 0.05) is 11.1 Å². The molecule has 0 aliphatic rings. The fourth-order valence-electron chi connectivity index (χ4n) is 1.74. The van der Waals surface area contributed by atoms with Crippen LogP contribution in [-0.4, -0.2) is 4.98 Å². The van der Waals surface area contributed by atoms with Crippen LogP contribution in [0, 0.1) is 25.2 Å². The molecule has 0 aliphatic carbocycles. The second kappa shape index (κ2) is 5.19. The van der Waals surface area contributed by atoms with E-state index in [4.69, 9.17) is 5.26 Å². The van der Waals surface area contributed by atoms with Gasteiger partial charge < -0.3 is 5.32 Å². The molecule has 0 fully saturated rings. The van der Waals surface area contributed by atoms with Crippen LogP contribution in [-0.2, 0) is 0 Å². The van der Waals surface area contributed by atoms with Crippen LogP contribution in [0.25, 0.3) is 0 Å². The molecule has 4 heteroatoms. The Morgan fingerprint density at radius 2 is 2.17 bits per heavy atom. The van der Waals surface area contributed by atoms with Crippen molar-refractivity contribution in [1.82, 2.24) is 4.98 Å². The minimum Gasteiger partial charge on any atom is -0.375 e. The summed E-state index contributed by atoms with van der Waals surface area (Å²) in [6.07, 6.45) is 0. The second-order valence-electron chi connectivity index (χ2n) is 4.35. The number of aromatic nitrogens is 1. The zero-order valence-electron chi connectivity index (χ0n) is 10.7. The number of rotatable bonds is 3. The van der Waals surface area contributed by atoms with Gasteiger partial charge in [-0.25, -0.2) is 4.98 Å². The van der Waals surface area contributed by atoms with Crippen molar-refractivity contribution in [3.05, 3.63) is 45.4 Å². The molecule has 92 valence electrons. The Kier molecular flexibility index (Phi) is 3.63. The number of nitrogens with one attached hydrogen (secondary N) is 1. The minimum atomic E-state index is 0.110. The van der Waals surface area contributed by atoms with Crippen LogP contribution in [0.4, 0.5) is 5.69 Å². The Morgan fingerprint density at radius 1 is 1.39 bits per heavy atom. The molecule has 18 heavy (non-hydrogen) atoms. The summed E-state index contributed by atoms with van der Waals surface area (Å²) in [7, 11) is 0. The first-order valence-electron chi connectivity index (χ1n) is 5.79. The fraction of sp³-hybridized carbons (Fsp3) is 0.286. The number of anilines is 1. The average Bonchev–Trinajstić information content (AvgIpc) is 2.78. The number of nitrogens with zero attached hydrogens (tertiary/aromatic N) is 2. The summed E-state index contributed by atoms with van der Waals surface area (Å²) in [4.78, 5) is 4.45. The molecule has 1 atom stereocenters. The number of aryl methyl sites for hydroxylation is 2. The molecular weight excluding hydrogens is 242 g/mol. The Morgan fingerprint density at radius 3 is 2.78 bits per heavy atom. The Hall–Kier alpha value is -1.86. The highest BCUT2D eigenvalue weighted by Crippen LogP contribution is 2.24. The molecule has 0 bridgehead atoms. The van der Waals surface area contributed by atoms with Gasteiger partial charge in [-0.2, -0.15) is 5.26 Å². The third kappa shape index (κ3) is 2.69. The van der Waals surface area contributed by atoms with Gasteiger partial charge in [0.15, 0.2) is 0 Å². The van der Waals surface area contributed by atoms with E-state index < -0.39 is 0 Å². The Bertz CT molecular complexity index is 595. The highest BCUT2D eigenvalue weighted by atomic mass is 32.1. The Labute approximate surface area is 111 Å². The van der Waals surface area contributed by atoms with E-state index in [1.54, 1.807) is 11.3 Å². The second-order valence-corrected chi connectivity index (χ2v) is 5.24. The summed E-state index contributed by atoms with van der Waals surface area (Å²) in [5, 5.41) is 15.5. The van der Waals surface area contributed by atoms with Crippen LogP contribution in [0.1, 0.15) is 34.8 Å². The van der Waals surface area contributed by atoms with E-state index in [9.17, 15) is 0 Å². The molecule has 1 N–H and O–H groups in total. The Balaban J connectivity index is 2.22. The lowest BCUT2D eigenvalue weighted by Crippen LogP contribution is -2.07. The van der Waals surface area contributed by atoms with Gasteiger partial charge in [0.05, 0.1) is 17.3 Å². The molecule has 3 nitrogen and oxygen atoms in total. The van der Waals surface area contributed by atoms with Crippen molar-refractivity contribution < 1.29 is 0 Å². The standard InChI is InChI=1S/C14H15N3S/c1-9-4-5-13(12(6-9)7-15)17-11(3)14-16-10(2)8-18-14/h4-6,8,11,17H,1-3H3. The van der Waals surface area contributed by atoms with Crippen LogP contribution in [0.2, 0.25) is 0 Å². The maximum atomic E-state index is 9.13. The lowest BCUT2D eigenvalue weighted by atomic mass is 10.1. The molecule has 2 rings (SSSR count). The van der Waals surface area contributed by atoms with Crippen molar-refractivity contribution in [3.63, 3.8) is 0 Å². The van der Waals surface area contributed by atoms with Crippen LogP contribution >= 0.6 is 11.3 Å². The summed E-state index contributed by atoms with van der Waals surface area (Å²) in [5.41, 5.74) is 3.67. The predicted molar refractivity (Wildman–Crippen MR) is 74.8 cm³/mol. The smallest absolute Gasteiger partial charge is 0.115 e. The molecule has 0 aliphatic heterocycles. The third-order valence-electron chi connectivity index (χ3n) is 2.67. The maximum absolute atomic E-state index is 9.13. The van der Waals surface area contributed by atoms with Crippen molar-refractivity contribution in [2.24, 2.45) is 0 Å². The van der Waals surface area contributed by atoms with E-state index in [1.807, 2.05) is 37.4 Å². The molecule has 1 heterocycles. The first kappa shape index (κ1) is 12.6. The number of nitriles is 1. The number of hydrogen-bond acceptors (Lipinski definition) is 4. The molecule has 0 radical (unpaired) electrons. The number of thiazole rings is 1. The van der Waals surface area contributed by atoms with Crippen molar-refractivity contribution in [2.75, 3.05) is 5.32 Å². The molecule has 0 saturated heterocycles. The van der Waals surface area contributed by atoms with E-state index >= 15 is 0 Å². The van der Waals surface area contributed by atoms with Crippen molar-refractivity contribution >= 4 is 17.0 Å². The van der Waals surface area contributed by atoms with Crippen LogP contribution in [0.15, 0.2) is 23.6 Å². The molecule has 1 unspecified atom stereocenters. The largest absolute Gasteiger partial charge is 0.375 e. The lowest BCUT2D eigenvalue weighted by Gasteiger charge is -2.14. The number of hydrogen-bond donors (Lipinski definition) is 1. The first-order valence-corrected chi connectivity index (χ1v) is 6.67. The lowest BCUT2D eigenvalue weighted by molar-refractivity contribution is 0.863. The zero-order chi connectivity index (χ0) is 13.1. The summed E-state index contributed by atoms with van der Waals surface area (Å²) in [6, 6.07) is 8.17. The summed E-state index contributed by atoms with van der Waals surface area (Å²) >= 11 is 1.64. The molecule has 1 aromatic heterocycles. The van der Waals surface area contributed by atoms with Gasteiger partial charge in [-0.1, -0.05) is 6.07 Å². The summed E-state index contributed by atoms with van der Waals surface area (Å²) in [6.45, 7) is 6.02. The normalized spacial score (nSPS) is 11.9. The van der Waals surface area contributed by atoms with Gasteiger partial charge >= 0.3 is 0 Å². The third-order valence-corrected chi connectivity index (χ3v) is 3.82. The SMILES string of the molecule is Cc1ccc(NC(C)c2nc(C)cs2)c(C#N)c1. The molecule has 2 aromatic rings. The highest BCUT2D eigenvalue weighted by molar-refractivity contribution is 7.09. The molecule has 0 spiro atoms. The van der Waals surface area contributed by atoms with Gasteiger partial charge in [0.25, 0.3) is 0 Å². The van der Waals surface area contributed by atoms with Gasteiger partial charge in [-0.15, -0.1) is 11.3 Å². The summed E-state index contributed by atoms with van der Waals surface area (Å²) < 4.78 is 0. The monoisotopic (exact) mass is 257 g/mol. The van der Waals surface area contributed by atoms with E-state index in [-0.39, 0.29) is 6.04 Å². The first-order chi connectivity index (χ1) is 8.60. The van der Waals surface area contributed by atoms with E-state index in [1.165, 1.54) is 0 Å². The van der Waals surface area contributed by atoms with Crippen molar-refractivity contribution in [2.45, 2.75) is 26.8 Å². The molecule has 0 saturated carbocycles. The molecular formula is C14H15N3S. The zero-order valence-corrected chi connectivity index (χ0v) is 11.5. The topological polar surface area (TPSA) is 48.7 Å². The predicted octanol–water partition coefficient (Wildman–Crippen LogP) is 3.80. The molecule has 1 aromatic carbocycles. The molecule has 0 amide bonds. The van der Waals surface area contributed by atoms with Gasteiger partial charge in [-0.05, 0) is 38.5 Å². The van der Waals surface area contributed by atoms with E-state index in [0.29, 0.717) is 5.56 Å². The van der Waals surface area contributed by atoms with Gasteiger partial charge in [0.1, 0.15) is 11.1 Å². The van der Waals surface area contributed by atoms with Gasteiger partial charge in [0.2, 0.25) is 0 Å². The summed E-state index contributed by atoms with van der Waals surface area (Å²) in [5.74, 6) is 0. The number of benzene rings is 1. The van der Waals surface area contributed by atoms with Crippen LogP contribution in [0.5, 0.6) is 0 Å². The van der Waals surface area contributed by atoms with E-state index in [2.05, 4.69) is 23.3 Å². The average molecular weight is 257 g/mol. The minimum absolute atomic E-state index is 0.110. The van der Waals surface area contributed by atoms with Crippen LogP contribution < -0.4 is 5.32 Å². The van der Waals surface area contributed by atoms with Gasteiger partial charge in [-0.3, -0.25) is 0 Å². The quantitative estimate of drug-likeness (QED) is 0.909. The fourth-order valence-corrected chi connectivity index (χ4v) is 2.55. The van der Waals surface area contributed by atoms with Crippen molar-refractivity contribution in [1.29, 1.82) is 5.26 Å². The highest BCUT2D eigenvalue weighted by Gasteiger charge is 2.11. The van der Waals surface area contributed by atoms with Crippen LogP contribution in [0.3, 0.4) is 0 Å². The maximum Gasteiger partial charge on any atom is 0.115 e.